The van der Waals surface area contributed by atoms with Gasteiger partial charge in [0.2, 0.25) is 0 Å². The van der Waals surface area contributed by atoms with Crippen LogP contribution >= 0.6 is 0 Å². The molecular weight excluding hydrogens is 200 g/mol. The Labute approximate surface area is 96.2 Å². The highest BCUT2D eigenvalue weighted by Gasteiger charge is 2.21. The number of nitrogens with zero attached hydrogens (tertiary/aromatic N) is 3. The number of nitrogens with two attached hydrogens (primary N) is 1. The van der Waals surface area contributed by atoms with E-state index >= 15 is 0 Å². The van der Waals surface area contributed by atoms with Crippen molar-refractivity contribution in [3.63, 3.8) is 0 Å². The number of hydrogen-bond donors (Lipinski definition) is 1. The first-order chi connectivity index (χ1) is 7.79. The standard InChI is InChI=1S/C12H18N4/c1-2-16(12(13)15-11-3-4-11)9-10-5-7-14-8-6-10/h5-8,11H,2-4,9H2,1H3,(H2,13,15). The second-order valence-corrected chi connectivity index (χ2v) is 4.09. The smallest absolute Gasteiger partial charge is 0.191 e. The van der Waals surface area contributed by atoms with Gasteiger partial charge in [-0.25, -0.2) is 4.99 Å². The van der Waals surface area contributed by atoms with Crippen molar-refractivity contribution in [2.45, 2.75) is 32.4 Å². The Morgan fingerprint density at radius 3 is 2.75 bits per heavy atom. The van der Waals surface area contributed by atoms with Gasteiger partial charge >= 0.3 is 0 Å². The minimum absolute atomic E-state index is 0.478. The van der Waals surface area contributed by atoms with Crippen molar-refractivity contribution in [2.75, 3.05) is 6.54 Å². The third-order valence-corrected chi connectivity index (χ3v) is 2.69. The van der Waals surface area contributed by atoms with Crippen LogP contribution in [0.3, 0.4) is 0 Å². The molecule has 0 amide bonds. The van der Waals surface area contributed by atoms with Crippen LogP contribution in [0.1, 0.15) is 25.3 Å². The summed E-state index contributed by atoms with van der Waals surface area (Å²) in [6, 6.07) is 4.49. The van der Waals surface area contributed by atoms with Crippen LogP contribution in [0.25, 0.3) is 0 Å². The van der Waals surface area contributed by atoms with E-state index in [0.717, 1.165) is 13.1 Å². The topological polar surface area (TPSA) is 54.5 Å². The van der Waals surface area contributed by atoms with E-state index in [2.05, 4.69) is 21.8 Å². The lowest BCUT2D eigenvalue weighted by atomic mass is 10.2. The van der Waals surface area contributed by atoms with Gasteiger partial charge in [0.1, 0.15) is 0 Å². The van der Waals surface area contributed by atoms with E-state index in [1.165, 1.54) is 18.4 Å². The van der Waals surface area contributed by atoms with Crippen molar-refractivity contribution < 1.29 is 0 Å². The van der Waals surface area contributed by atoms with Crippen molar-refractivity contribution in [3.8, 4) is 0 Å². The van der Waals surface area contributed by atoms with Gasteiger partial charge in [0, 0.05) is 25.5 Å². The fourth-order valence-electron chi connectivity index (χ4n) is 1.54. The fourth-order valence-corrected chi connectivity index (χ4v) is 1.54. The van der Waals surface area contributed by atoms with Crippen LogP contribution in [0.15, 0.2) is 29.5 Å². The van der Waals surface area contributed by atoms with E-state index in [1.54, 1.807) is 12.4 Å². The Morgan fingerprint density at radius 2 is 2.19 bits per heavy atom. The van der Waals surface area contributed by atoms with Gasteiger partial charge in [-0.05, 0) is 37.5 Å². The lowest BCUT2D eigenvalue weighted by molar-refractivity contribution is 0.428. The number of pyridine rings is 1. The number of guanidine groups is 1. The zero-order chi connectivity index (χ0) is 11.4. The average Bonchev–Trinajstić information content (AvgIpc) is 3.11. The summed E-state index contributed by atoms with van der Waals surface area (Å²) >= 11 is 0. The Bertz CT molecular complexity index is 357. The molecule has 1 heterocycles. The lowest BCUT2D eigenvalue weighted by Crippen LogP contribution is -2.37. The average molecular weight is 218 g/mol. The minimum Gasteiger partial charge on any atom is -0.370 e. The Kier molecular flexibility index (Phi) is 3.39. The van der Waals surface area contributed by atoms with Crippen LogP contribution in [0.2, 0.25) is 0 Å². The molecular formula is C12H18N4. The van der Waals surface area contributed by atoms with Crippen LogP contribution in [-0.4, -0.2) is 28.4 Å². The van der Waals surface area contributed by atoms with Crippen molar-refractivity contribution in [2.24, 2.45) is 10.7 Å². The van der Waals surface area contributed by atoms with E-state index in [-0.39, 0.29) is 0 Å². The molecule has 1 aromatic heterocycles. The summed E-state index contributed by atoms with van der Waals surface area (Å²) in [7, 11) is 0. The zero-order valence-corrected chi connectivity index (χ0v) is 9.63. The summed E-state index contributed by atoms with van der Waals surface area (Å²) in [5.74, 6) is 0.668. The molecule has 0 saturated heterocycles. The van der Waals surface area contributed by atoms with Crippen LogP contribution < -0.4 is 5.73 Å². The summed E-state index contributed by atoms with van der Waals surface area (Å²) in [5, 5.41) is 0. The first-order valence-electron chi connectivity index (χ1n) is 5.76. The van der Waals surface area contributed by atoms with Gasteiger partial charge in [-0.3, -0.25) is 4.98 Å². The summed E-state index contributed by atoms with van der Waals surface area (Å²) in [6.07, 6.45) is 5.98. The van der Waals surface area contributed by atoms with Crippen LogP contribution in [0.5, 0.6) is 0 Å². The molecule has 0 unspecified atom stereocenters. The second kappa shape index (κ2) is 4.96. The maximum Gasteiger partial charge on any atom is 0.191 e. The molecule has 0 radical (unpaired) electrons. The molecule has 0 bridgehead atoms. The van der Waals surface area contributed by atoms with E-state index in [0.29, 0.717) is 12.0 Å². The summed E-state index contributed by atoms with van der Waals surface area (Å²) < 4.78 is 0. The van der Waals surface area contributed by atoms with E-state index < -0.39 is 0 Å². The minimum atomic E-state index is 0.478. The van der Waals surface area contributed by atoms with Crippen LogP contribution in [0.4, 0.5) is 0 Å². The predicted octanol–water partition coefficient (Wildman–Crippen LogP) is 1.38. The maximum atomic E-state index is 5.98. The molecule has 1 aliphatic carbocycles. The van der Waals surface area contributed by atoms with Crippen molar-refractivity contribution in [3.05, 3.63) is 30.1 Å². The van der Waals surface area contributed by atoms with Crippen LogP contribution in [-0.2, 0) is 6.54 Å². The van der Waals surface area contributed by atoms with Gasteiger partial charge < -0.3 is 10.6 Å². The third-order valence-electron chi connectivity index (χ3n) is 2.69. The SMILES string of the molecule is CCN(Cc1ccncc1)C(N)=NC1CC1. The highest BCUT2D eigenvalue weighted by atomic mass is 15.3. The molecule has 86 valence electrons. The van der Waals surface area contributed by atoms with E-state index in [9.17, 15) is 0 Å². The summed E-state index contributed by atoms with van der Waals surface area (Å²) in [5.41, 5.74) is 7.19. The monoisotopic (exact) mass is 218 g/mol. The van der Waals surface area contributed by atoms with Gasteiger partial charge in [-0.15, -0.1) is 0 Å². The molecule has 1 fully saturated rings. The number of aliphatic imine (C=N–C) groups is 1. The number of rotatable bonds is 4. The Balaban J connectivity index is 1.99. The first-order valence-corrected chi connectivity index (χ1v) is 5.76. The van der Waals surface area contributed by atoms with Crippen molar-refractivity contribution in [1.82, 2.24) is 9.88 Å². The molecule has 1 aromatic rings. The van der Waals surface area contributed by atoms with Crippen molar-refractivity contribution in [1.29, 1.82) is 0 Å². The van der Waals surface area contributed by atoms with Gasteiger partial charge in [0.15, 0.2) is 5.96 Å². The second-order valence-electron chi connectivity index (χ2n) is 4.09. The van der Waals surface area contributed by atoms with Gasteiger partial charge in [-0.2, -0.15) is 0 Å². The van der Waals surface area contributed by atoms with E-state index in [4.69, 9.17) is 5.73 Å². The van der Waals surface area contributed by atoms with Crippen LogP contribution in [0, 0.1) is 0 Å². The molecule has 1 aliphatic rings. The highest BCUT2D eigenvalue weighted by Crippen LogP contribution is 2.23. The van der Waals surface area contributed by atoms with Gasteiger partial charge in [0.25, 0.3) is 0 Å². The van der Waals surface area contributed by atoms with Gasteiger partial charge in [-0.1, -0.05) is 0 Å². The molecule has 0 aromatic carbocycles. The fraction of sp³-hybridized carbons (Fsp3) is 0.500. The molecule has 0 atom stereocenters. The van der Waals surface area contributed by atoms with E-state index in [1.807, 2.05) is 12.1 Å². The summed E-state index contributed by atoms with van der Waals surface area (Å²) in [6.45, 7) is 3.78. The molecule has 4 heteroatoms. The quantitative estimate of drug-likeness (QED) is 0.613. The Hall–Kier alpha value is -1.58. The normalized spacial score (nSPS) is 16.2. The molecule has 2 N–H and O–H groups in total. The molecule has 1 saturated carbocycles. The maximum absolute atomic E-state index is 5.98. The molecule has 16 heavy (non-hydrogen) atoms. The Morgan fingerprint density at radius 1 is 1.50 bits per heavy atom. The molecule has 2 rings (SSSR count). The largest absolute Gasteiger partial charge is 0.370 e. The number of hydrogen-bond acceptors (Lipinski definition) is 2. The molecule has 0 spiro atoms. The summed E-state index contributed by atoms with van der Waals surface area (Å²) in [4.78, 5) is 10.6. The molecule has 0 aliphatic heterocycles. The lowest BCUT2D eigenvalue weighted by Gasteiger charge is -2.21. The third kappa shape index (κ3) is 2.95. The van der Waals surface area contributed by atoms with Crippen molar-refractivity contribution >= 4 is 5.96 Å². The highest BCUT2D eigenvalue weighted by molar-refractivity contribution is 5.78. The molecule has 4 nitrogen and oxygen atoms in total. The zero-order valence-electron chi connectivity index (χ0n) is 9.63. The predicted molar refractivity (Wildman–Crippen MR) is 65.0 cm³/mol. The van der Waals surface area contributed by atoms with Gasteiger partial charge in [0.05, 0.1) is 6.04 Å². The number of aromatic nitrogens is 1. The first kappa shape index (κ1) is 10.9.